The van der Waals surface area contributed by atoms with Gasteiger partial charge in [0, 0.05) is 47.5 Å². The number of aliphatic hydroxyl groups excluding tert-OH is 2. The van der Waals surface area contributed by atoms with Gasteiger partial charge >= 0.3 is 12.1 Å². The summed E-state index contributed by atoms with van der Waals surface area (Å²) in [5, 5.41) is 25.5. The van der Waals surface area contributed by atoms with Gasteiger partial charge in [0.2, 0.25) is 5.88 Å². The Balaban J connectivity index is 1.09. The van der Waals surface area contributed by atoms with Crippen molar-refractivity contribution in [2.75, 3.05) is 33.3 Å². The standard InChI is InChI=1S/C37H50N4O8/c1-7-35(4)16-28(36(5)21(2)10-13-37(22(3)33(35)45)14-11-26(43)32(36)37)49-30(44)18-38-17-23(42)19-41-20-27(48-34(41)46)24-12-15-39-25-8-9-29(47-6)40-31(24)25/h7-9,12,15,21-23,27-28,32-33,38,42,45H,1,10-11,13-14,16-20H2,2-6H3/t21-,22-,23+,27+,28+,32-,33-,35+,36-,37-/m0/s1. The molecule has 0 aromatic carbocycles. The molecule has 3 N–H and O–H groups in total. The number of hydrogen-bond donors (Lipinski definition) is 3. The Hall–Kier alpha value is -3.61. The lowest BCUT2D eigenvalue weighted by Crippen LogP contribution is -2.63. The highest BCUT2D eigenvalue weighted by atomic mass is 16.6. The van der Waals surface area contributed by atoms with Crippen LogP contribution in [0.4, 0.5) is 4.79 Å². The molecule has 4 fully saturated rings. The van der Waals surface area contributed by atoms with Gasteiger partial charge in [-0.05, 0) is 55.1 Å². The number of carbonyl (C=O) groups excluding carboxylic acids is 3. The molecule has 1 amide bonds. The molecule has 266 valence electrons. The van der Waals surface area contributed by atoms with E-state index < -0.39 is 47.3 Å². The fourth-order valence-corrected chi connectivity index (χ4v) is 9.58. The fraction of sp³-hybridized carbons (Fsp3) is 0.649. The molecule has 2 aromatic heterocycles. The number of rotatable bonds is 10. The van der Waals surface area contributed by atoms with Gasteiger partial charge in [0.25, 0.3) is 0 Å². The Kier molecular flexibility index (Phi) is 9.53. The van der Waals surface area contributed by atoms with E-state index in [2.05, 4.69) is 42.6 Å². The lowest BCUT2D eigenvalue weighted by atomic mass is 9.44. The normalized spacial score (nSPS) is 36.4. The molecule has 1 saturated heterocycles. The number of fused-ring (bicyclic) bond motifs is 1. The molecule has 0 radical (unpaired) electrons. The molecule has 2 aromatic rings. The predicted molar refractivity (Wildman–Crippen MR) is 180 cm³/mol. The first kappa shape index (κ1) is 35.2. The Morgan fingerprint density at radius 3 is 2.76 bits per heavy atom. The molecule has 49 heavy (non-hydrogen) atoms. The minimum atomic E-state index is -0.985. The zero-order valence-corrected chi connectivity index (χ0v) is 29.2. The lowest BCUT2D eigenvalue weighted by Gasteiger charge is -2.61. The van der Waals surface area contributed by atoms with Gasteiger partial charge in [-0.15, -0.1) is 6.58 Å². The summed E-state index contributed by atoms with van der Waals surface area (Å²) in [5.41, 5.74) is 0.235. The largest absolute Gasteiger partial charge is 0.481 e. The maximum atomic E-state index is 13.6. The number of cyclic esters (lactones) is 1. The molecule has 12 heteroatoms. The van der Waals surface area contributed by atoms with E-state index in [-0.39, 0.29) is 55.1 Å². The molecule has 3 saturated carbocycles. The Labute approximate surface area is 287 Å². The van der Waals surface area contributed by atoms with E-state index in [4.69, 9.17) is 14.2 Å². The number of aromatic nitrogens is 2. The van der Waals surface area contributed by atoms with Crippen molar-refractivity contribution in [3.63, 3.8) is 0 Å². The molecular weight excluding hydrogens is 628 g/mol. The molecule has 3 aliphatic carbocycles. The van der Waals surface area contributed by atoms with E-state index >= 15 is 0 Å². The molecule has 3 heterocycles. The first-order chi connectivity index (χ1) is 23.3. The molecule has 0 unspecified atom stereocenters. The summed E-state index contributed by atoms with van der Waals surface area (Å²) in [7, 11) is 1.52. The van der Waals surface area contributed by atoms with E-state index in [0.29, 0.717) is 35.3 Å². The van der Waals surface area contributed by atoms with Gasteiger partial charge < -0.3 is 34.6 Å². The summed E-state index contributed by atoms with van der Waals surface area (Å²) in [6, 6.07) is 5.26. The van der Waals surface area contributed by atoms with Crippen molar-refractivity contribution in [3.8, 4) is 5.88 Å². The van der Waals surface area contributed by atoms with Gasteiger partial charge in [0.15, 0.2) is 0 Å². The van der Waals surface area contributed by atoms with Crippen LogP contribution < -0.4 is 10.1 Å². The Morgan fingerprint density at radius 2 is 2.02 bits per heavy atom. The molecule has 10 atom stereocenters. The number of pyridine rings is 2. The summed E-state index contributed by atoms with van der Waals surface area (Å²) in [6.45, 7) is 12.4. The van der Waals surface area contributed by atoms with Crippen LogP contribution in [-0.2, 0) is 19.1 Å². The van der Waals surface area contributed by atoms with Gasteiger partial charge in [-0.2, -0.15) is 0 Å². The molecule has 12 nitrogen and oxygen atoms in total. The summed E-state index contributed by atoms with van der Waals surface area (Å²) >= 11 is 0. The lowest BCUT2D eigenvalue weighted by molar-refractivity contribution is -0.206. The average molecular weight is 679 g/mol. The highest BCUT2D eigenvalue weighted by Crippen LogP contribution is 2.68. The summed E-state index contributed by atoms with van der Waals surface area (Å²) in [5.74, 6) is -0.165. The number of ether oxygens (including phenoxy) is 3. The number of esters is 1. The van der Waals surface area contributed by atoms with Gasteiger partial charge in [-0.1, -0.05) is 33.8 Å². The van der Waals surface area contributed by atoms with Crippen LogP contribution >= 0.6 is 0 Å². The highest BCUT2D eigenvalue weighted by molar-refractivity contribution is 5.86. The SMILES string of the molecule is C=C[C@]1(C)C[C@@H](OC(=O)CNC[C@@H](O)CN2C[C@H](c3ccnc4ccc(OC)nc34)OC2=O)[C@@]2(C)[C@@H]3C(=O)CC[C@@]3(CC[C@@H]2C)[C@@H](C)[C@@H]1O. The zero-order valence-electron chi connectivity index (χ0n) is 29.2. The van der Waals surface area contributed by atoms with Crippen molar-refractivity contribution in [3.05, 3.63) is 42.6 Å². The molecular formula is C37H50N4O8. The molecule has 6 rings (SSSR count). The maximum absolute atomic E-state index is 13.6. The molecule has 4 aliphatic rings. The number of β-amino-alcohol motifs (C(OH)–C–C–N with tert-alkyl or cyclic N) is 1. The van der Waals surface area contributed by atoms with Gasteiger partial charge in [-0.25, -0.2) is 9.78 Å². The van der Waals surface area contributed by atoms with E-state index in [1.807, 2.05) is 6.92 Å². The number of carbonyl (C=O) groups is 3. The average Bonchev–Trinajstić information content (AvgIpc) is 3.63. The predicted octanol–water partition coefficient (Wildman–Crippen LogP) is 3.99. The third-order valence-corrected chi connectivity index (χ3v) is 12.7. The van der Waals surface area contributed by atoms with Crippen molar-refractivity contribution < 1.29 is 38.8 Å². The van der Waals surface area contributed by atoms with Gasteiger partial charge in [0.1, 0.15) is 18.0 Å². The van der Waals surface area contributed by atoms with Gasteiger partial charge in [-0.3, -0.25) is 14.6 Å². The minimum absolute atomic E-state index is 0.00497. The van der Waals surface area contributed by atoms with Crippen LogP contribution in [0, 0.1) is 34.0 Å². The van der Waals surface area contributed by atoms with E-state index in [1.54, 1.807) is 30.5 Å². The van der Waals surface area contributed by atoms with Crippen LogP contribution in [0.1, 0.15) is 71.5 Å². The first-order valence-corrected chi connectivity index (χ1v) is 17.4. The second-order valence-corrected chi connectivity index (χ2v) is 15.2. The molecule has 1 aliphatic heterocycles. The number of aliphatic hydroxyl groups is 2. The Morgan fingerprint density at radius 1 is 1.24 bits per heavy atom. The van der Waals surface area contributed by atoms with Crippen molar-refractivity contribution in [2.24, 2.45) is 34.0 Å². The van der Waals surface area contributed by atoms with Crippen LogP contribution in [0.15, 0.2) is 37.1 Å². The van der Waals surface area contributed by atoms with Crippen LogP contribution in [0.3, 0.4) is 0 Å². The number of nitrogens with one attached hydrogen (secondary N) is 1. The summed E-state index contributed by atoms with van der Waals surface area (Å²) < 4.78 is 17.2. The van der Waals surface area contributed by atoms with Gasteiger partial charge in [0.05, 0.1) is 50.0 Å². The van der Waals surface area contributed by atoms with Crippen LogP contribution in [-0.4, -0.2) is 94.5 Å². The number of nitrogens with zero attached hydrogens (tertiary/aromatic N) is 3. The number of ketones is 1. The number of methoxy groups -OCH3 is 1. The Bertz CT molecular complexity index is 1620. The number of hydrogen-bond acceptors (Lipinski definition) is 11. The summed E-state index contributed by atoms with van der Waals surface area (Å²) in [6.07, 6.45) is 3.23. The van der Waals surface area contributed by atoms with E-state index in [1.165, 1.54) is 12.0 Å². The fourth-order valence-electron chi connectivity index (χ4n) is 9.58. The second-order valence-electron chi connectivity index (χ2n) is 15.2. The van der Waals surface area contributed by atoms with Crippen molar-refractivity contribution >= 4 is 28.9 Å². The van der Waals surface area contributed by atoms with Crippen molar-refractivity contribution in [1.29, 1.82) is 0 Å². The minimum Gasteiger partial charge on any atom is -0.481 e. The summed E-state index contributed by atoms with van der Waals surface area (Å²) in [4.78, 5) is 50.1. The third-order valence-electron chi connectivity index (χ3n) is 12.7. The molecule has 2 bridgehead atoms. The van der Waals surface area contributed by atoms with Crippen LogP contribution in [0.5, 0.6) is 5.88 Å². The quantitative estimate of drug-likeness (QED) is 0.246. The molecule has 0 spiro atoms. The first-order valence-electron chi connectivity index (χ1n) is 17.4. The zero-order chi connectivity index (χ0) is 35.3. The highest BCUT2D eigenvalue weighted by Gasteiger charge is 2.68. The number of Topliss-reactive ketones (excluding diaryl/α,β-unsaturated/α-hetero) is 1. The third kappa shape index (κ3) is 5.99. The van der Waals surface area contributed by atoms with Crippen molar-refractivity contribution in [1.82, 2.24) is 20.2 Å². The topological polar surface area (TPSA) is 160 Å². The second kappa shape index (κ2) is 13.3. The van der Waals surface area contributed by atoms with E-state index in [0.717, 1.165) is 19.3 Å². The van der Waals surface area contributed by atoms with Crippen LogP contribution in [0.25, 0.3) is 11.0 Å². The van der Waals surface area contributed by atoms with E-state index in [9.17, 15) is 24.6 Å². The number of amides is 1. The monoisotopic (exact) mass is 678 g/mol. The van der Waals surface area contributed by atoms with Crippen LogP contribution in [0.2, 0.25) is 0 Å². The smallest absolute Gasteiger partial charge is 0.410 e. The van der Waals surface area contributed by atoms with Crippen molar-refractivity contribution in [2.45, 2.75) is 84.2 Å². The maximum Gasteiger partial charge on any atom is 0.410 e.